The number of hydrogen-bond donors (Lipinski definition) is 1. The lowest BCUT2D eigenvalue weighted by molar-refractivity contribution is 0.156. The quantitative estimate of drug-likeness (QED) is 0.721. The lowest BCUT2D eigenvalue weighted by Gasteiger charge is -2.20. The molecule has 0 spiro atoms. The summed E-state index contributed by atoms with van der Waals surface area (Å²) in [6.45, 7) is 4.13. The minimum atomic E-state index is 0.0758. The lowest BCUT2D eigenvalue weighted by Crippen LogP contribution is -2.26. The smallest absolute Gasteiger partial charge is 0.240 e. The van der Waals surface area contributed by atoms with Gasteiger partial charge in [0.1, 0.15) is 11.6 Å². The molecule has 0 unspecified atom stereocenters. The first-order valence-corrected chi connectivity index (χ1v) is 9.13. The minimum absolute atomic E-state index is 0.0758. The molecule has 7 heteroatoms. The topological polar surface area (TPSA) is 69.9 Å². The van der Waals surface area contributed by atoms with Crippen LogP contribution in [0.15, 0.2) is 36.7 Å². The van der Waals surface area contributed by atoms with Gasteiger partial charge in [0.05, 0.1) is 32.3 Å². The van der Waals surface area contributed by atoms with Crippen LogP contribution in [0.3, 0.4) is 0 Å². The second kappa shape index (κ2) is 7.44. The van der Waals surface area contributed by atoms with Crippen LogP contribution < -0.4 is 19.5 Å². The van der Waals surface area contributed by atoms with E-state index in [0.29, 0.717) is 23.3 Å². The van der Waals surface area contributed by atoms with E-state index >= 15 is 0 Å². The third-order valence-electron chi connectivity index (χ3n) is 5.10. The van der Waals surface area contributed by atoms with Crippen LogP contribution in [0, 0.1) is 5.92 Å². The van der Waals surface area contributed by atoms with Gasteiger partial charge in [-0.3, -0.25) is 0 Å². The summed E-state index contributed by atoms with van der Waals surface area (Å²) in [5, 5.41) is 7.76. The Kier molecular flexibility index (Phi) is 4.85. The number of hydrogen-bond acceptors (Lipinski definition) is 6. The third kappa shape index (κ3) is 3.42. The number of methoxy groups -OCH3 is 2. The van der Waals surface area contributed by atoms with E-state index in [1.165, 1.54) is 0 Å². The molecular weight excluding hydrogens is 344 g/mol. The van der Waals surface area contributed by atoms with Crippen molar-refractivity contribution in [2.45, 2.75) is 19.4 Å². The first kappa shape index (κ1) is 17.6. The van der Waals surface area contributed by atoms with E-state index in [2.05, 4.69) is 17.3 Å². The van der Waals surface area contributed by atoms with Gasteiger partial charge in [0.25, 0.3) is 0 Å². The molecular formula is C20H24N4O3. The van der Waals surface area contributed by atoms with Crippen molar-refractivity contribution in [2.24, 2.45) is 5.92 Å². The van der Waals surface area contributed by atoms with E-state index in [4.69, 9.17) is 19.2 Å². The second-order valence-corrected chi connectivity index (χ2v) is 6.74. The molecule has 1 fully saturated rings. The molecule has 142 valence electrons. The summed E-state index contributed by atoms with van der Waals surface area (Å²) in [5.74, 6) is 2.42. The van der Waals surface area contributed by atoms with Gasteiger partial charge in [-0.25, -0.2) is 9.50 Å². The van der Waals surface area contributed by atoms with Crippen molar-refractivity contribution in [2.75, 3.05) is 27.3 Å². The van der Waals surface area contributed by atoms with Gasteiger partial charge in [-0.1, -0.05) is 0 Å². The van der Waals surface area contributed by atoms with Gasteiger partial charge in [-0.15, -0.1) is 0 Å². The van der Waals surface area contributed by atoms with Crippen molar-refractivity contribution >= 4 is 5.52 Å². The summed E-state index contributed by atoms with van der Waals surface area (Å²) in [6.07, 6.45) is 4.84. The monoisotopic (exact) mass is 368 g/mol. The molecule has 0 bridgehead atoms. The van der Waals surface area contributed by atoms with Crippen molar-refractivity contribution < 1.29 is 14.2 Å². The Morgan fingerprint density at radius 2 is 2.04 bits per heavy atom. The number of benzene rings is 1. The lowest BCUT2D eigenvalue weighted by atomic mass is 10.0. The molecule has 0 aliphatic carbocycles. The molecule has 4 rings (SSSR count). The fourth-order valence-electron chi connectivity index (χ4n) is 3.47. The predicted octanol–water partition coefficient (Wildman–Crippen LogP) is 2.79. The maximum atomic E-state index is 6.27. The van der Waals surface area contributed by atoms with Crippen LogP contribution in [0.2, 0.25) is 0 Å². The van der Waals surface area contributed by atoms with Crippen LogP contribution in [0.4, 0.5) is 0 Å². The number of rotatable bonds is 6. The van der Waals surface area contributed by atoms with Crippen LogP contribution >= 0.6 is 0 Å². The summed E-state index contributed by atoms with van der Waals surface area (Å²) >= 11 is 0. The van der Waals surface area contributed by atoms with Crippen LogP contribution in [-0.2, 0) is 0 Å². The average molecular weight is 368 g/mol. The van der Waals surface area contributed by atoms with Crippen LogP contribution in [-0.4, -0.2) is 48.0 Å². The Morgan fingerprint density at radius 3 is 2.78 bits per heavy atom. The normalized spacial score (nSPS) is 17.8. The highest BCUT2D eigenvalue weighted by atomic mass is 16.5. The maximum Gasteiger partial charge on any atom is 0.240 e. The Morgan fingerprint density at radius 1 is 1.19 bits per heavy atom. The summed E-state index contributed by atoms with van der Waals surface area (Å²) in [5.41, 5.74) is 2.53. The zero-order valence-electron chi connectivity index (χ0n) is 15.8. The van der Waals surface area contributed by atoms with Crippen LogP contribution in [0.25, 0.3) is 16.8 Å². The number of nitrogens with zero attached hydrogens (tertiary/aromatic N) is 3. The fraction of sp³-hybridized carbons (Fsp3) is 0.400. The minimum Gasteiger partial charge on any atom is -0.493 e. The summed E-state index contributed by atoms with van der Waals surface area (Å²) in [7, 11) is 3.24. The van der Waals surface area contributed by atoms with E-state index in [0.717, 1.165) is 36.3 Å². The summed E-state index contributed by atoms with van der Waals surface area (Å²) in [6, 6.07) is 7.65. The number of nitrogens with one attached hydrogen (secondary N) is 1. The van der Waals surface area contributed by atoms with Crippen molar-refractivity contribution in [3.05, 3.63) is 36.7 Å². The van der Waals surface area contributed by atoms with Gasteiger partial charge in [0, 0.05) is 18.0 Å². The van der Waals surface area contributed by atoms with Gasteiger partial charge >= 0.3 is 0 Å². The van der Waals surface area contributed by atoms with Crippen molar-refractivity contribution in [3.63, 3.8) is 0 Å². The van der Waals surface area contributed by atoms with Crippen LogP contribution in [0.1, 0.15) is 13.3 Å². The molecule has 0 amide bonds. The number of aromatic nitrogens is 3. The number of fused-ring (bicyclic) bond motifs is 1. The molecule has 2 atom stereocenters. The average Bonchev–Trinajstić information content (AvgIpc) is 3.39. The summed E-state index contributed by atoms with van der Waals surface area (Å²) in [4.78, 5) is 4.79. The largest absolute Gasteiger partial charge is 0.493 e. The van der Waals surface area contributed by atoms with E-state index in [9.17, 15) is 0 Å². The standard InChI is InChI=1S/C20H24N4O3/c1-13(15-6-8-21-11-15)27-20-17-7-9-22-24(17)12-16(23-20)14-4-5-18(25-2)19(10-14)26-3/h4-5,7,9-10,12-13,15,21H,6,8,11H2,1-3H3/t13-,15-/m1/s1. The Balaban J connectivity index is 1.72. The van der Waals surface area contributed by atoms with Gasteiger partial charge in [-0.05, 0) is 44.2 Å². The highest BCUT2D eigenvalue weighted by Gasteiger charge is 2.24. The second-order valence-electron chi connectivity index (χ2n) is 6.74. The van der Waals surface area contributed by atoms with E-state index in [1.807, 2.05) is 30.5 Å². The molecule has 27 heavy (non-hydrogen) atoms. The molecule has 1 saturated heterocycles. The van der Waals surface area contributed by atoms with E-state index < -0.39 is 0 Å². The van der Waals surface area contributed by atoms with Crippen molar-refractivity contribution in [1.29, 1.82) is 0 Å². The number of ether oxygens (including phenoxy) is 3. The molecule has 1 N–H and O–H groups in total. The first-order valence-electron chi connectivity index (χ1n) is 9.13. The zero-order valence-corrected chi connectivity index (χ0v) is 15.8. The highest BCUT2D eigenvalue weighted by molar-refractivity contribution is 5.67. The van der Waals surface area contributed by atoms with Crippen LogP contribution in [0.5, 0.6) is 17.4 Å². The Bertz CT molecular complexity index is 934. The van der Waals surface area contributed by atoms with Crippen molar-refractivity contribution in [3.8, 4) is 28.6 Å². The third-order valence-corrected chi connectivity index (χ3v) is 5.10. The molecule has 7 nitrogen and oxygen atoms in total. The molecule has 0 saturated carbocycles. The Labute approximate surface area is 158 Å². The molecule has 0 radical (unpaired) electrons. The zero-order chi connectivity index (χ0) is 18.8. The molecule has 1 aliphatic rings. The highest BCUT2D eigenvalue weighted by Crippen LogP contribution is 2.33. The molecule has 3 aromatic rings. The molecule has 3 heterocycles. The van der Waals surface area contributed by atoms with E-state index in [-0.39, 0.29) is 6.10 Å². The molecule has 2 aromatic heterocycles. The maximum absolute atomic E-state index is 6.27. The van der Waals surface area contributed by atoms with Crippen molar-refractivity contribution in [1.82, 2.24) is 19.9 Å². The summed E-state index contributed by atoms with van der Waals surface area (Å²) < 4.78 is 18.8. The molecule has 1 aliphatic heterocycles. The van der Waals surface area contributed by atoms with E-state index in [1.54, 1.807) is 24.9 Å². The van der Waals surface area contributed by atoms with Gasteiger partial charge < -0.3 is 19.5 Å². The first-order chi connectivity index (χ1) is 13.2. The SMILES string of the molecule is COc1ccc(-c2cn3nccc3c(O[C@H](C)[C@@H]3CCNC3)n2)cc1OC. The Hall–Kier alpha value is -2.80. The van der Waals surface area contributed by atoms with Gasteiger partial charge in [0.2, 0.25) is 5.88 Å². The molecule has 1 aromatic carbocycles. The fourth-order valence-corrected chi connectivity index (χ4v) is 3.47. The predicted molar refractivity (Wildman–Crippen MR) is 103 cm³/mol. The van der Waals surface area contributed by atoms with Gasteiger partial charge in [-0.2, -0.15) is 5.10 Å². The van der Waals surface area contributed by atoms with Gasteiger partial charge in [0.15, 0.2) is 11.5 Å².